The molecule has 2 rings (SSSR count). The largest absolute Gasteiger partial charge is 0.394 e. The van der Waals surface area contributed by atoms with Crippen LogP contribution in [0.25, 0.3) is 0 Å². The molecule has 20 heavy (non-hydrogen) atoms. The summed E-state index contributed by atoms with van der Waals surface area (Å²) in [6.45, 7) is 2.08. The third kappa shape index (κ3) is 3.57. The van der Waals surface area contributed by atoms with Crippen molar-refractivity contribution in [1.29, 1.82) is 0 Å². The summed E-state index contributed by atoms with van der Waals surface area (Å²) in [4.78, 5) is 12.1. The SMILES string of the molecule is CC1CCCC(CO)(NC(=O)Cc2ccccc2F)C1. The van der Waals surface area contributed by atoms with Crippen molar-refractivity contribution in [2.45, 2.75) is 44.6 Å². The van der Waals surface area contributed by atoms with E-state index in [1.165, 1.54) is 6.07 Å². The van der Waals surface area contributed by atoms with Gasteiger partial charge in [-0.05, 0) is 30.4 Å². The van der Waals surface area contributed by atoms with E-state index in [0.717, 1.165) is 25.7 Å². The van der Waals surface area contributed by atoms with E-state index < -0.39 is 5.54 Å². The van der Waals surface area contributed by atoms with Crippen molar-refractivity contribution in [3.63, 3.8) is 0 Å². The smallest absolute Gasteiger partial charge is 0.225 e. The molecule has 1 amide bonds. The van der Waals surface area contributed by atoms with Crippen molar-refractivity contribution in [1.82, 2.24) is 5.32 Å². The fourth-order valence-corrected chi connectivity index (χ4v) is 3.11. The molecule has 3 nitrogen and oxygen atoms in total. The Morgan fingerprint density at radius 1 is 1.50 bits per heavy atom. The number of halogens is 1. The molecule has 4 heteroatoms. The predicted molar refractivity (Wildman–Crippen MR) is 75.7 cm³/mol. The molecule has 2 N–H and O–H groups in total. The lowest BCUT2D eigenvalue weighted by molar-refractivity contribution is -0.123. The molecule has 1 saturated carbocycles. The van der Waals surface area contributed by atoms with Gasteiger partial charge in [-0.2, -0.15) is 0 Å². The summed E-state index contributed by atoms with van der Waals surface area (Å²) >= 11 is 0. The fraction of sp³-hybridized carbons (Fsp3) is 0.562. The maximum Gasteiger partial charge on any atom is 0.225 e. The van der Waals surface area contributed by atoms with Crippen LogP contribution in [0.3, 0.4) is 0 Å². The van der Waals surface area contributed by atoms with Crippen LogP contribution >= 0.6 is 0 Å². The van der Waals surface area contributed by atoms with Crippen LogP contribution in [0, 0.1) is 11.7 Å². The number of rotatable bonds is 4. The number of carbonyl (C=O) groups is 1. The van der Waals surface area contributed by atoms with Gasteiger partial charge >= 0.3 is 0 Å². The van der Waals surface area contributed by atoms with Gasteiger partial charge in [0.25, 0.3) is 0 Å². The predicted octanol–water partition coefficient (Wildman–Crippen LogP) is 2.43. The van der Waals surface area contributed by atoms with E-state index in [4.69, 9.17) is 0 Å². The van der Waals surface area contributed by atoms with Crippen molar-refractivity contribution < 1.29 is 14.3 Å². The molecule has 0 spiro atoms. The van der Waals surface area contributed by atoms with Gasteiger partial charge in [-0.1, -0.05) is 38.0 Å². The van der Waals surface area contributed by atoms with E-state index in [1.54, 1.807) is 18.2 Å². The molecule has 0 bridgehead atoms. The number of hydrogen-bond acceptors (Lipinski definition) is 2. The maximum absolute atomic E-state index is 13.5. The summed E-state index contributed by atoms with van der Waals surface area (Å²) in [6, 6.07) is 6.29. The molecule has 110 valence electrons. The van der Waals surface area contributed by atoms with Crippen LogP contribution in [0.4, 0.5) is 4.39 Å². The Morgan fingerprint density at radius 3 is 2.90 bits per heavy atom. The van der Waals surface area contributed by atoms with E-state index in [9.17, 15) is 14.3 Å². The molecule has 1 aromatic rings. The third-order valence-electron chi connectivity index (χ3n) is 4.11. The highest BCUT2D eigenvalue weighted by Crippen LogP contribution is 2.32. The van der Waals surface area contributed by atoms with Gasteiger partial charge in [0.05, 0.1) is 18.6 Å². The van der Waals surface area contributed by atoms with Crippen molar-refractivity contribution in [3.8, 4) is 0 Å². The Balaban J connectivity index is 2.01. The van der Waals surface area contributed by atoms with Crippen LogP contribution in [-0.4, -0.2) is 23.2 Å². The number of amides is 1. The second-order valence-electron chi connectivity index (χ2n) is 5.96. The van der Waals surface area contributed by atoms with Gasteiger partial charge in [-0.15, -0.1) is 0 Å². The summed E-state index contributed by atoms with van der Waals surface area (Å²) < 4.78 is 13.5. The summed E-state index contributed by atoms with van der Waals surface area (Å²) in [5.41, 5.74) is -0.137. The van der Waals surface area contributed by atoms with Crippen LogP contribution in [0.1, 0.15) is 38.2 Å². The molecule has 2 unspecified atom stereocenters. The second-order valence-corrected chi connectivity index (χ2v) is 5.96. The first-order chi connectivity index (χ1) is 9.54. The number of benzene rings is 1. The van der Waals surface area contributed by atoms with Crippen LogP contribution < -0.4 is 5.32 Å². The number of aliphatic hydroxyl groups excluding tert-OH is 1. The van der Waals surface area contributed by atoms with E-state index in [0.29, 0.717) is 11.5 Å². The lowest BCUT2D eigenvalue weighted by Crippen LogP contribution is -2.54. The summed E-state index contributed by atoms with van der Waals surface area (Å²) in [6.07, 6.45) is 3.72. The van der Waals surface area contributed by atoms with E-state index in [1.807, 2.05) is 0 Å². The zero-order valence-corrected chi connectivity index (χ0v) is 11.9. The molecule has 0 aliphatic heterocycles. The number of hydrogen-bond donors (Lipinski definition) is 2. The molecule has 0 aromatic heterocycles. The molecule has 2 atom stereocenters. The van der Waals surface area contributed by atoms with Crippen LogP contribution in [0.15, 0.2) is 24.3 Å². The normalized spacial score (nSPS) is 26.2. The van der Waals surface area contributed by atoms with E-state index >= 15 is 0 Å². The average molecular weight is 279 g/mol. The van der Waals surface area contributed by atoms with E-state index in [-0.39, 0.29) is 24.8 Å². The Bertz CT molecular complexity index is 477. The quantitative estimate of drug-likeness (QED) is 0.889. The fourth-order valence-electron chi connectivity index (χ4n) is 3.11. The first-order valence-electron chi connectivity index (χ1n) is 7.20. The zero-order chi connectivity index (χ0) is 14.6. The molecular formula is C16H22FNO2. The maximum atomic E-state index is 13.5. The lowest BCUT2D eigenvalue weighted by atomic mass is 9.76. The highest BCUT2D eigenvalue weighted by molar-refractivity contribution is 5.79. The van der Waals surface area contributed by atoms with Crippen LogP contribution in [0.5, 0.6) is 0 Å². The third-order valence-corrected chi connectivity index (χ3v) is 4.11. The Labute approximate surface area is 119 Å². The van der Waals surface area contributed by atoms with Crippen molar-refractivity contribution in [2.75, 3.05) is 6.61 Å². The minimum atomic E-state index is -0.528. The summed E-state index contributed by atoms with van der Waals surface area (Å²) in [7, 11) is 0. The minimum Gasteiger partial charge on any atom is -0.394 e. The van der Waals surface area contributed by atoms with Gasteiger partial charge in [0.1, 0.15) is 5.82 Å². The standard InChI is InChI=1S/C16H22FNO2/c1-12-5-4-8-16(10-12,11-19)18-15(20)9-13-6-2-3-7-14(13)17/h2-3,6-7,12,19H,4-5,8-11H2,1H3,(H,18,20). The molecule has 0 saturated heterocycles. The topological polar surface area (TPSA) is 49.3 Å². The Kier molecular flexibility index (Phi) is 4.76. The number of nitrogens with one attached hydrogen (secondary N) is 1. The molecule has 0 heterocycles. The highest BCUT2D eigenvalue weighted by atomic mass is 19.1. The van der Waals surface area contributed by atoms with Crippen LogP contribution in [0.2, 0.25) is 0 Å². The molecule has 1 aromatic carbocycles. The average Bonchev–Trinajstić information content (AvgIpc) is 2.41. The first kappa shape index (κ1) is 15.0. The number of aliphatic hydroxyl groups is 1. The minimum absolute atomic E-state index is 0.0167. The molecule has 1 aliphatic rings. The van der Waals surface area contributed by atoms with Gasteiger partial charge in [-0.3, -0.25) is 4.79 Å². The zero-order valence-electron chi connectivity index (χ0n) is 11.9. The van der Waals surface area contributed by atoms with Crippen molar-refractivity contribution >= 4 is 5.91 Å². The highest BCUT2D eigenvalue weighted by Gasteiger charge is 2.35. The van der Waals surface area contributed by atoms with Crippen molar-refractivity contribution in [3.05, 3.63) is 35.6 Å². The van der Waals surface area contributed by atoms with E-state index in [2.05, 4.69) is 12.2 Å². The van der Waals surface area contributed by atoms with Crippen LogP contribution in [-0.2, 0) is 11.2 Å². The van der Waals surface area contributed by atoms with Gasteiger partial charge in [0.15, 0.2) is 0 Å². The summed E-state index contributed by atoms with van der Waals surface area (Å²) in [5, 5.41) is 12.6. The lowest BCUT2D eigenvalue weighted by Gasteiger charge is -2.39. The Hall–Kier alpha value is -1.42. The van der Waals surface area contributed by atoms with Gasteiger partial charge in [0.2, 0.25) is 5.91 Å². The molecule has 1 aliphatic carbocycles. The van der Waals surface area contributed by atoms with Gasteiger partial charge in [0, 0.05) is 0 Å². The first-order valence-corrected chi connectivity index (χ1v) is 7.20. The monoisotopic (exact) mass is 279 g/mol. The Morgan fingerprint density at radius 2 is 2.25 bits per heavy atom. The molecular weight excluding hydrogens is 257 g/mol. The molecule has 0 radical (unpaired) electrons. The van der Waals surface area contributed by atoms with Gasteiger partial charge in [-0.25, -0.2) is 4.39 Å². The van der Waals surface area contributed by atoms with Crippen molar-refractivity contribution in [2.24, 2.45) is 5.92 Å². The van der Waals surface area contributed by atoms with Gasteiger partial charge < -0.3 is 10.4 Å². The molecule has 1 fully saturated rings. The second kappa shape index (κ2) is 6.35. The summed E-state index contributed by atoms with van der Waals surface area (Å²) in [5.74, 6) is -0.0966. The number of carbonyl (C=O) groups excluding carboxylic acids is 1.